The molecule has 1 aromatic heterocycles. The average Bonchev–Trinajstić information content (AvgIpc) is 2.86. The molecule has 0 spiro atoms. The van der Waals surface area contributed by atoms with Gasteiger partial charge in [-0.2, -0.15) is 5.26 Å². The van der Waals surface area contributed by atoms with Crippen molar-refractivity contribution in [2.75, 3.05) is 11.6 Å². The van der Waals surface area contributed by atoms with Gasteiger partial charge in [0.15, 0.2) is 11.6 Å². The molecule has 0 saturated heterocycles. The summed E-state index contributed by atoms with van der Waals surface area (Å²) < 4.78 is 1.22. The van der Waals surface area contributed by atoms with Gasteiger partial charge in [0.25, 0.3) is 0 Å². The number of hydrogen-bond acceptors (Lipinski definition) is 7. The third-order valence-electron chi connectivity index (χ3n) is 2.95. The van der Waals surface area contributed by atoms with E-state index in [0.29, 0.717) is 26.6 Å². The molecule has 0 aliphatic heterocycles. The summed E-state index contributed by atoms with van der Waals surface area (Å²) in [6.45, 7) is 1.49. The van der Waals surface area contributed by atoms with Gasteiger partial charge in [-0.1, -0.05) is 35.0 Å². The molecule has 0 bridgehead atoms. The largest absolute Gasteiger partial charge is 0.401 e. The lowest BCUT2D eigenvalue weighted by atomic mass is 10.2. The molecule has 2 rings (SSSR count). The highest BCUT2D eigenvalue weighted by molar-refractivity contribution is 7.99. The number of thioether (sulfide) groups is 1. The van der Waals surface area contributed by atoms with Crippen LogP contribution in [0.4, 0.5) is 0 Å². The fraction of sp³-hybridized carbons (Fsp3) is 0.143. The van der Waals surface area contributed by atoms with Gasteiger partial charge >= 0.3 is 0 Å². The minimum absolute atomic E-state index is 0.0406. The van der Waals surface area contributed by atoms with E-state index in [1.165, 1.54) is 11.6 Å². The van der Waals surface area contributed by atoms with E-state index in [1.54, 1.807) is 24.3 Å². The van der Waals surface area contributed by atoms with Crippen LogP contribution in [-0.4, -0.2) is 26.4 Å². The smallest absolute Gasteiger partial charge is 0.210 e. The van der Waals surface area contributed by atoms with Crippen molar-refractivity contribution in [1.82, 2.24) is 14.9 Å². The van der Waals surface area contributed by atoms with E-state index in [0.717, 1.165) is 11.8 Å². The summed E-state index contributed by atoms with van der Waals surface area (Å²) in [6.07, 6.45) is 0. The first kappa shape index (κ1) is 18.1. The zero-order chi connectivity index (χ0) is 17.9. The maximum absolute atomic E-state index is 12.0. The van der Waals surface area contributed by atoms with Gasteiger partial charge < -0.3 is 11.6 Å². The SMILES string of the molecule is CC(N)=C(C#N)C(=O)CSc1nnc(-c2ccc(Cl)cc2Cl)n1N. The maximum Gasteiger partial charge on any atom is 0.210 e. The number of allylic oxidation sites excluding steroid dienone is 2. The maximum atomic E-state index is 12.0. The molecule has 7 nitrogen and oxygen atoms in total. The number of rotatable bonds is 5. The molecular formula is C14H12Cl2N6OS. The zero-order valence-electron chi connectivity index (χ0n) is 12.5. The van der Waals surface area contributed by atoms with Crippen LogP contribution in [0.25, 0.3) is 11.4 Å². The number of nitriles is 1. The van der Waals surface area contributed by atoms with Crippen LogP contribution in [0, 0.1) is 11.3 Å². The second-order valence-corrected chi connectivity index (χ2v) is 6.47. The summed E-state index contributed by atoms with van der Waals surface area (Å²) in [4.78, 5) is 12.0. The highest BCUT2D eigenvalue weighted by Crippen LogP contribution is 2.30. The Hall–Kier alpha value is -2.21. The number of nitrogens with zero attached hydrogens (tertiary/aromatic N) is 4. The molecule has 24 heavy (non-hydrogen) atoms. The summed E-state index contributed by atoms with van der Waals surface area (Å²) in [7, 11) is 0. The van der Waals surface area contributed by atoms with E-state index in [1.807, 2.05) is 0 Å². The molecule has 0 fully saturated rings. The number of aromatic nitrogens is 3. The lowest BCUT2D eigenvalue weighted by Crippen LogP contribution is -2.14. The molecule has 10 heteroatoms. The number of carbonyl (C=O) groups is 1. The molecular weight excluding hydrogens is 371 g/mol. The number of ketones is 1. The van der Waals surface area contributed by atoms with Crippen LogP contribution in [0.15, 0.2) is 34.6 Å². The number of halogens is 2. The second kappa shape index (κ2) is 7.57. The van der Waals surface area contributed by atoms with Crippen molar-refractivity contribution < 1.29 is 4.79 Å². The Balaban J connectivity index is 2.21. The van der Waals surface area contributed by atoms with Gasteiger partial charge in [-0.25, -0.2) is 4.68 Å². The molecule has 0 amide bonds. The normalized spacial score (nSPS) is 11.8. The van der Waals surface area contributed by atoms with Crippen LogP contribution < -0.4 is 11.6 Å². The number of benzene rings is 1. The fourth-order valence-electron chi connectivity index (χ4n) is 1.80. The van der Waals surface area contributed by atoms with E-state index >= 15 is 0 Å². The summed E-state index contributed by atoms with van der Waals surface area (Å²) in [5, 5.41) is 18.0. The average molecular weight is 383 g/mol. The summed E-state index contributed by atoms with van der Waals surface area (Å²) >= 11 is 13.0. The molecule has 0 atom stereocenters. The van der Waals surface area contributed by atoms with E-state index in [-0.39, 0.29) is 17.0 Å². The van der Waals surface area contributed by atoms with Gasteiger partial charge in [0.1, 0.15) is 11.6 Å². The topological polar surface area (TPSA) is 124 Å². The van der Waals surface area contributed by atoms with Crippen LogP contribution >= 0.6 is 35.0 Å². The summed E-state index contributed by atoms with van der Waals surface area (Å²) in [5.41, 5.74) is 6.15. The first-order chi connectivity index (χ1) is 11.3. The molecule has 0 radical (unpaired) electrons. The first-order valence-corrected chi connectivity index (χ1v) is 8.27. The molecule has 2 aromatic rings. The Morgan fingerprint density at radius 2 is 2.12 bits per heavy atom. The standard InChI is InChI=1S/C14H12Cl2N6OS/c1-7(18)10(5-17)12(23)6-24-14-21-20-13(22(14)19)9-3-2-8(15)4-11(9)16/h2-4H,6,18-19H2,1H3. The van der Waals surface area contributed by atoms with Gasteiger partial charge in [0, 0.05) is 16.3 Å². The molecule has 1 heterocycles. The quantitative estimate of drug-likeness (QED) is 0.352. The predicted molar refractivity (Wildman–Crippen MR) is 93.9 cm³/mol. The molecule has 124 valence electrons. The summed E-state index contributed by atoms with van der Waals surface area (Å²) in [5.74, 6) is 5.85. The van der Waals surface area contributed by atoms with Crippen LogP contribution in [0.3, 0.4) is 0 Å². The van der Waals surface area contributed by atoms with Crippen molar-refractivity contribution in [2.24, 2.45) is 5.73 Å². The van der Waals surface area contributed by atoms with Crippen molar-refractivity contribution >= 4 is 40.7 Å². The third kappa shape index (κ3) is 3.82. The van der Waals surface area contributed by atoms with E-state index in [2.05, 4.69) is 10.2 Å². The predicted octanol–water partition coefficient (Wildman–Crippen LogP) is 2.38. The van der Waals surface area contributed by atoms with E-state index < -0.39 is 5.78 Å². The lowest BCUT2D eigenvalue weighted by Gasteiger charge is -2.05. The van der Waals surface area contributed by atoms with Crippen molar-refractivity contribution in [1.29, 1.82) is 5.26 Å². The molecule has 1 aromatic carbocycles. The Morgan fingerprint density at radius 1 is 1.42 bits per heavy atom. The lowest BCUT2D eigenvalue weighted by molar-refractivity contribution is -0.112. The van der Waals surface area contributed by atoms with Crippen molar-refractivity contribution in [3.8, 4) is 17.5 Å². The Morgan fingerprint density at radius 3 is 2.71 bits per heavy atom. The highest BCUT2D eigenvalue weighted by Gasteiger charge is 2.18. The van der Waals surface area contributed by atoms with Gasteiger partial charge in [-0.3, -0.25) is 4.79 Å². The van der Waals surface area contributed by atoms with Crippen molar-refractivity contribution in [3.63, 3.8) is 0 Å². The molecule has 0 aliphatic carbocycles. The molecule has 0 saturated carbocycles. The van der Waals surface area contributed by atoms with Crippen LogP contribution in [0.5, 0.6) is 0 Å². The Bertz CT molecular complexity index is 867. The zero-order valence-corrected chi connectivity index (χ0v) is 14.8. The van der Waals surface area contributed by atoms with Gasteiger partial charge in [-0.05, 0) is 25.1 Å². The number of nitrogens with two attached hydrogens (primary N) is 2. The summed E-state index contributed by atoms with van der Waals surface area (Å²) in [6, 6.07) is 6.68. The Kier molecular flexibility index (Phi) is 5.72. The molecule has 0 aliphatic rings. The number of carbonyl (C=O) groups excluding carboxylic acids is 1. The highest BCUT2D eigenvalue weighted by atomic mass is 35.5. The minimum Gasteiger partial charge on any atom is -0.401 e. The second-order valence-electron chi connectivity index (χ2n) is 4.68. The first-order valence-electron chi connectivity index (χ1n) is 6.53. The molecule has 0 unspecified atom stereocenters. The minimum atomic E-state index is -0.406. The van der Waals surface area contributed by atoms with E-state index in [4.69, 9.17) is 40.0 Å². The number of hydrogen-bond donors (Lipinski definition) is 2. The van der Waals surface area contributed by atoms with Gasteiger partial charge in [0.05, 0.1) is 10.8 Å². The van der Waals surface area contributed by atoms with Gasteiger partial charge in [0.2, 0.25) is 5.16 Å². The number of Topliss-reactive ketones (excluding diaryl/α,β-unsaturated/α-hetero) is 1. The monoisotopic (exact) mass is 382 g/mol. The number of nitrogen functional groups attached to an aromatic ring is 1. The van der Waals surface area contributed by atoms with Crippen LogP contribution in [0.2, 0.25) is 10.0 Å². The van der Waals surface area contributed by atoms with Crippen molar-refractivity contribution in [3.05, 3.63) is 39.5 Å². The van der Waals surface area contributed by atoms with Crippen molar-refractivity contribution in [2.45, 2.75) is 12.1 Å². The van der Waals surface area contributed by atoms with E-state index in [9.17, 15) is 4.79 Å². The molecule has 4 N–H and O–H groups in total. The van der Waals surface area contributed by atoms with Gasteiger partial charge in [-0.15, -0.1) is 10.2 Å². The Labute approximate surface area is 152 Å². The van der Waals surface area contributed by atoms with Crippen LogP contribution in [-0.2, 0) is 4.79 Å². The van der Waals surface area contributed by atoms with Crippen LogP contribution in [0.1, 0.15) is 6.92 Å². The third-order valence-corrected chi connectivity index (χ3v) is 4.44. The fourth-order valence-corrected chi connectivity index (χ4v) is 3.02.